The number of nitrogen functional groups attached to an aromatic ring is 1. The highest BCUT2D eigenvalue weighted by atomic mass is 31.2. The van der Waals surface area contributed by atoms with Gasteiger partial charge in [-0.25, -0.2) is 28.6 Å². The number of carbonyl (C=O) groups is 1. The third-order valence-electron chi connectivity index (χ3n) is 5.38. The summed E-state index contributed by atoms with van der Waals surface area (Å²) >= 11 is 0. The molecule has 21 heteroatoms. The highest BCUT2D eigenvalue weighted by Gasteiger charge is 2.60. The minimum absolute atomic E-state index is 0.0116. The van der Waals surface area contributed by atoms with Gasteiger partial charge in [0.25, 0.3) is 0 Å². The Morgan fingerprint density at radius 2 is 2.13 bits per heavy atom. The van der Waals surface area contributed by atoms with Gasteiger partial charge < -0.3 is 30.4 Å². The first-order valence-corrected chi connectivity index (χ1v) is 12.6. The molecule has 0 saturated carbocycles. The van der Waals surface area contributed by atoms with E-state index >= 15 is 0 Å². The van der Waals surface area contributed by atoms with Crippen LogP contribution in [-0.2, 0) is 41.5 Å². The van der Waals surface area contributed by atoms with Gasteiger partial charge >= 0.3 is 31.3 Å². The van der Waals surface area contributed by atoms with E-state index in [1.165, 1.54) is 20.9 Å². The maximum Gasteiger partial charge on any atom is 0.434 e. The summed E-state index contributed by atoms with van der Waals surface area (Å²) in [7, 11) is -3.30. The molecule has 0 bridgehead atoms. The van der Waals surface area contributed by atoms with E-state index in [0.717, 1.165) is 10.8 Å². The number of alkyl halides is 2. The number of nitrogens with zero attached hydrogens (tertiary/aromatic N) is 6. The smallest absolute Gasteiger partial charge is 0.434 e. The van der Waals surface area contributed by atoms with Crippen molar-refractivity contribution in [3.8, 4) is 0 Å². The summed E-state index contributed by atoms with van der Waals surface area (Å²) in [5, 5.41) is 23.5. The molecule has 1 saturated heterocycles. The number of aliphatic hydroxyl groups is 1. The number of nitro groups is 1. The molecule has 0 aliphatic carbocycles. The van der Waals surface area contributed by atoms with Gasteiger partial charge in [0.1, 0.15) is 37.0 Å². The van der Waals surface area contributed by atoms with Crippen LogP contribution in [0, 0.1) is 10.1 Å². The highest BCUT2D eigenvalue weighted by Crippen LogP contribution is 2.48. The van der Waals surface area contributed by atoms with E-state index in [1.54, 1.807) is 0 Å². The molecule has 1 fully saturated rings. The lowest BCUT2D eigenvalue weighted by Crippen LogP contribution is -2.42. The molecule has 1 unspecified atom stereocenters. The van der Waals surface area contributed by atoms with Gasteiger partial charge in [-0.3, -0.25) is 13.8 Å². The second-order valence-electron chi connectivity index (χ2n) is 8.09. The molecular weight excluding hydrogens is 557 g/mol. The third-order valence-corrected chi connectivity index (χ3v) is 7.05. The summed E-state index contributed by atoms with van der Waals surface area (Å²) in [6.45, 7) is 1.19. The summed E-state index contributed by atoms with van der Waals surface area (Å²) < 4.78 is 64.9. The summed E-state index contributed by atoms with van der Waals surface area (Å²) in [5.41, 5.74) is 4.10. The predicted molar refractivity (Wildman–Crippen MR) is 123 cm³/mol. The van der Waals surface area contributed by atoms with E-state index in [2.05, 4.69) is 20.0 Å². The Balaban J connectivity index is 1.80. The summed E-state index contributed by atoms with van der Waals surface area (Å²) in [6.07, 6.45) is -5.05. The van der Waals surface area contributed by atoms with Crippen molar-refractivity contribution in [3.05, 3.63) is 38.8 Å². The Bertz CT molecular complexity index is 1320. The summed E-state index contributed by atoms with van der Waals surface area (Å²) in [6, 6.07) is -1.29. The van der Waals surface area contributed by atoms with Crippen molar-refractivity contribution >= 4 is 25.6 Å². The number of nitrogens with one attached hydrogen (secondary N) is 1. The van der Waals surface area contributed by atoms with Gasteiger partial charge in [-0.05, 0) is 18.8 Å². The number of carbonyl (C=O) groups excluding carboxylic acids is 1. The molecule has 0 amide bonds. The van der Waals surface area contributed by atoms with Crippen LogP contribution in [0.5, 0.6) is 0 Å². The number of esters is 1. The summed E-state index contributed by atoms with van der Waals surface area (Å²) in [4.78, 5) is 44.6. The Hall–Kier alpha value is -3.42. The first-order chi connectivity index (χ1) is 18.2. The van der Waals surface area contributed by atoms with Crippen molar-refractivity contribution in [2.24, 2.45) is 7.05 Å². The van der Waals surface area contributed by atoms with E-state index in [-0.39, 0.29) is 12.3 Å². The zero-order valence-corrected chi connectivity index (χ0v) is 21.6. The number of rotatable bonds is 12. The minimum Gasteiger partial charge on any atom is -0.465 e. The van der Waals surface area contributed by atoms with Crippen LogP contribution in [0.4, 0.5) is 20.7 Å². The van der Waals surface area contributed by atoms with Crippen molar-refractivity contribution in [1.29, 1.82) is 0 Å². The fraction of sp³-hybridized carbons (Fsp3) is 0.611. The van der Waals surface area contributed by atoms with Gasteiger partial charge in [0.05, 0.1) is 20.3 Å². The fourth-order valence-corrected chi connectivity index (χ4v) is 4.80. The molecule has 39 heavy (non-hydrogen) atoms. The number of ether oxygens (including phenoxy) is 2. The highest BCUT2D eigenvalue weighted by molar-refractivity contribution is 7.51. The van der Waals surface area contributed by atoms with Crippen molar-refractivity contribution in [3.63, 3.8) is 0 Å². The molecular formula is C18H25F2N8O10P. The van der Waals surface area contributed by atoms with Crippen molar-refractivity contribution in [1.82, 2.24) is 29.2 Å². The third kappa shape index (κ3) is 6.60. The number of anilines is 1. The largest absolute Gasteiger partial charge is 0.465 e. The number of aromatic nitrogens is 5. The van der Waals surface area contributed by atoms with Gasteiger partial charge in [0.15, 0.2) is 6.10 Å². The normalized spacial score (nSPS) is 22.8. The van der Waals surface area contributed by atoms with Crippen molar-refractivity contribution in [2.75, 3.05) is 18.9 Å². The van der Waals surface area contributed by atoms with E-state index in [1.807, 2.05) is 0 Å². The average molecular weight is 582 g/mol. The van der Waals surface area contributed by atoms with E-state index in [9.17, 15) is 38.2 Å². The molecule has 0 aromatic carbocycles. The molecule has 216 valence electrons. The van der Waals surface area contributed by atoms with Crippen LogP contribution in [0.2, 0.25) is 0 Å². The van der Waals surface area contributed by atoms with E-state index in [4.69, 9.17) is 24.3 Å². The molecule has 3 heterocycles. The zero-order valence-electron chi connectivity index (χ0n) is 20.7. The van der Waals surface area contributed by atoms with Crippen LogP contribution >= 0.6 is 7.75 Å². The molecule has 1 aliphatic rings. The lowest BCUT2D eigenvalue weighted by molar-refractivity contribution is -0.396. The van der Waals surface area contributed by atoms with Crippen LogP contribution in [0.1, 0.15) is 25.8 Å². The van der Waals surface area contributed by atoms with Crippen molar-refractivity contribution < 1.29 is 46.7 Å². The SMILES string of the molecule is CCOC(=O)[C@H](C)NP(=O)(OCc1cnc([N+](=O)[O-])n1C)OC[C@H]1O[C@@H](n2cnc(N)nc2=O)C(F)(F)[C@H]1O. The molecule has 0 spiro atoms. The monoisotopic (exact) mass is 582 g/mol. The van der Waals surface area contributed by atoms with Gasteiger partial charge in [-0.1, -0.05) is 4.98 Å². The van der Waals surface area contributed by atoms with Crippen LogP contribution in [0.25, 0.3) is 0 Å². The van der Waals surface area contributed by atoms with Gasteiger partial charge in [0, 0.05) is 0 Å². The number of imidazole rings is 1. The Labute approximate surface area is 217 Å². The standard InChI is InChI=1S/C18H25F2N8O10P/c1-4-35-13(30)9(2)25-39(34,36-6-10-5-22-16(26(10)3)28(32)33)37-7-11-12(29)18(19,20)14(38-11)27-8-23-15(21)24-17(27)31/h5,8-9,11-12,14,29H,4,6-7H2,1-3H3,(H,25,34)(H2,21,24,31)/t9-,11+,12-,14+,39?/m0/s1. The lowest BCUT2D eigenvalue weighted by atomic mass is 10.1. The van der Waals surface area contributed by atoms with Gasteiger partial charge in [0.2, 0.25) is 12.2 Å². The average Bonchev–Trinajstić information content (AvgIpc) is 3.33. The number of hydrogen-bond donors (Lipinski definition) is 3. The molecule has 4 N–H and O–H groups in total. The lowest BCUT2D eigenvalue weighted by Gasteiger charge is -2.24. The Kier molecular flexibility index (Phi) is 9.08. The molecule has 18 nitrogen and oxygen atoms in total. The minimum atomic E-state index is -4.59. The number of halogens is 2. The Morgan fingerprint density at radius 3 is 2.72 bits per heavy atom. The maximum absolute atomic E-state index is 14.8. The fourth-order valence-electron chi connectivity index (χ4n) is 3.35. The maximum atomic E-state index is 14.8. The van der Waals surface area contributed by atoms with Crippen LogP contribution in [-0.4, -0.2) is 77.5 Å². The molecule has 0 radical (unpaired) electrons. The quantitative estimate of drug-likeness (QED) is 0.125. The van der Waals surface area contributed by atoms with E-state index < -0.39 is 79.8 Å². The first-order valence-electron chi connectivity index (χ1n) is 11.1. The van der Waals surface area contributed by atoms with Crippen LogP contribution in [0.3, 0.4) is 0 Å². The second-order valence-corrected chi connectivity index (χ2v) is 9.86. The van der Waals surface area contributed by atoms with Crippen LogP contribution in [0.15, 0.2) is 17.3 Å². The number of aliphatic hydroxyl groups excluding tert-OH is 1. The van der Waals surface area contributed by atoms with E-state index in [0.29, 0.717) is 10.9 Å². The number of nitrogens with two attached hydrogens (primary N) is 1. The van der Waals surface area contributed by atoms with Gasteiger partial charge in [-0.2, -0.15) is 13.8 Å². The molecule has 2 aromatic rings. The van der Waals surface area contributed by atoms with Gasteiger partial charge in [-0.15, -0.1) is 0 Å². The van der Waals surface area contributed by atoms with Crippen LogP contribution < -0.4 is 16.5 Å². The second kappa shape index (κ2) is 11.8. The Morgan fingerprint density at radius 1 is 1.44 bits per heavy atom. The molecule has 2 aromatic heterocycles. The first kappa shape index (κ1) is 30.1. The topological polar surface area (TPSA) is 238 Å². The number of hydrogen-bond acceptors (Lipinski definition) is 14. The molecule has 1 aliphatic heterocycles. The van der Waals surface area contributed by atoms with Crippen molar-refractivity contribution in [2.45, 2.75) is 50.9 Å². The summed E-state index contributed by atoms with van der Waals surface area (Å²) in [5.74, 6) is -5.93. The molecule has 5 atom stereocenters. The zero-order chi connectivity index (χ0) is 29.1. The molecule has 3 rings (SSSR count). The predicted octanol–water partition coefficient (Wildman–Crippen LogP) is -0.361.